The molecular weight excluding hydrogens is 770 g/mol. The van der Waals surface area contributed by atoms with Gasteiger partial charge in [-0.05, 0) is 89.0 Å². The Morgan fingerprint density at radius 3 is 2.10 bits per heavy atom. The standard InChI is InChI=1S/C42H79N3O14/c1-16-30-42(10,52)35(48)24(4)32(43-54-21-28(46)20-44(11)12)22(2)18-40(8,51)37(59-39-33(47)29(45(13)14)17-23(3)55-39)25(5)34(26(6)38(50)57-30)58-31-19-41(9,53-15)36(49)27(7)56-31/h22-31,33-37,39,46-49,51-52H,16-21H2,1-15H3/b43-32+/t22-,23-,24+,25+,26-,27+,28?,29+,30?,31+,33-,34?,35-,36+,37-,39+,40-,41-,42-/m1/s1. The molecule has 3 unspecified atom stereocenters. The maximum atomic E-state index is 14.4. The highest BCUT2D eigenvalue weighted by atomic mass is 16.7. The van der Waals surface area contributed by atoms with E-state index < -0.39 is 108 Å². The summed E-state index contributed by atoms with van der Waals surface area (Å²) in [6, 6.07) is -0.336. The van der Waals surface area contributed by atoms with E-state index in [1.165, 1.54) is 14.0 Å². The lowest BCUT2D eigenvalue weighted by atomic mass is 9.73. The number of carbonyl (C=O) groups is 1. The topological polar surface area (TPSA) is 222 Å². The van der Waals surface area contributed by atoms with Gasteiger partial charge in [0.15, 0.2) is 12.6 Å². The molecule has 0 saturated carbocycles. The Kier molecular flexibility index (Phi) is 18.6. The number of oxime groups is 1. The third kappa shape index (κ3) is 12.5. The van der Waals surface area contributed by atoms with Crippen molar-refractivity contribution in [2.24, 2.45) is 28.8 Å². The number of hydrogen-bond donors (Lipinski definition) is 6. The van der Waals surface area contributed by atoms with Crippen LogP contribution in [0.3, 0.4) is 0 Å². The van der Waals surface area contributed by atoms with Crippen molar-refractivity contribution >= 4 is 11.7 Å². The lowest BCUT2D eigenvalue weighted by Crippen LogP contribution is -2.61. The average Bonchev–Trinajstić information content (AvgIpc) is 3.14. The van der Waals surface area contributed by atoms with E-state index in [0.717, 1.165) is 0 Å². The molecule has 6 N–H and O–H groups in total. The number of nitrogens with zero attached hydrogens (tertiary/aromatic N) is 3. The van der Waals surface area contributed by atoms with E-state index in [0.29, 0.717) is 13.0 Å². The smallest absolute Gasteiger partial charge is 0.311 e. The van der Waals surface area contributed by atoms with E-state index in [2.05, 4.69) is 5.16 Å². The number of ether oxygens (including phenoxy) is 6. The summed E-state index contributed by atoms with van der Waals surface area (Å²) in [7, 11) is 8.83. The molecule has 3 fully saturated rings. The van der Waals surface area contributed by atoms with Gasteiger partial charge in [-0.15, -0.1) is 0 Å². The van der Waals surface area contributed by atoms with Crippen LogP contribution in [0.2, 0.25) is 0 Å². The van der Waals surface area contributed by atoms with Crippen LogP contribution in [0.25, 0.3) is 0 Å². The van der Waals surface area contributed by atoms with Crippen LogP contribution < -0.4 is 0 Å². The van der Waals surface area contributed by atoms with Gasteiger partial charge in [-0.25, -0.2) is 0 Å². The molecule has 17 nitrogen and oxygen atoms in total. The molecular formula is C42H79N3O14. The number of hydrogen-bond acceptors (Lipinski definition) is 17. The van der Waals surface area contributed by atoms with E-state index in [9.17, 15) is 35.4 Å². The van der Waals surface area contributed by atoms with Crippen molar-refractivity contribution < 1.29 is 68.7 Å². The molecule has 0 radical (unpaired) electrons. The molecule has 0 aromatic heterocycles. The lowest BCUT2D eigenvalue weighted by molar-refractivity contribution is -0.317. The number of methoxy groups -OCH3 is 1. The minimum atomic E-state index is -1.98. The molecule has 0 aromatic rings. The number of likely N-dealkylation sites (N-methyl/N-ethyl adjacent to an activating group) is 2. The van der Waals surface area contributed by atoms with Gasteiger partial charge in [-0.3, -0.25) is 4.79 Å². The van der Waals surface area contributed by atoms with E-state index in [1.54, 1.807) is 60.3 Å². The van der Waals surface area contributed by atoms with Gasteiger partial charge in [-0.1, -0.05) is 32.9 Å². The van der Waals surface area contributed by atoms with Gasteiger partial charge in [0.1, 0.15) is 36.6 Å². The van der Waals surface area contributed by atoms with Gasteiger partial charge in [0.2, 0.25) is 0 Å². The molecule has 3 heterocycles. The number of cyclic esters (lactones) is 1. The molecule has 0 aromatic carbocycles. The van der Waals surface area contributed by atoms with Crippen LogP contribution in [0, 0.1) is 23.7 Å². The highest BCUT2D eigenvalue weighted by molar-refractivity contribution is 5.88. The zero-order valence-corrected chi connectivity index (χ0v) is 38.3. The zero-order valence-electron chi connectivity index (χ0n) is 38.3. The van der Waals surface area contributed by atoms with Crippen LogP contribution in [0.5, 0.6) is 0 Å². The predicted octanol–water partition coefficient (Wildman–Crippen LogP) is 1.51. The normalized spacial score (nSPS) is 45.9. The minimum Gasteiger partial charge on any atom is -0.459 e. The van der Waals surface area contributed by atoms with E-state index >= 15 is 0 Å². The summed E-state index contributed by atoms with van der Waals surface area (Å²) in [4.78, 5) is 23.7. The fourth-order valence-corrected chi connectivity index (χ4v) is 9.27. The highest BCUT2D eigenvalue weighted by Crippen LogP contribution is 2.41. The Morgan fingerprint density at radius 1 is 0.915 bits per heavy atom. The van der Waals surface area contributed by atoms with Crippen LogP contribution in [0.15, 0.2) is 5.16 Å². The van der Waals surface area contributed by atoms with Gasteiger partial charge in [0.25, 0.3) is 0 Å². The van der Waals surface area contributed by atoms with Crippen molar-refractivity contribution in [1.29, 1.82) is 0 Å². The summed E-state index contributed by atoms with van der Waals surface area (Å²) in [5.41, 5.74) is -4.56. The zero-order chi connectivity index (χ0) is 44.9. The van der Waals surface area contributed by atoms with Crippen LogP contribution in [0.1, 0.15) is 94.9 Å². The molecule has 3 saturated heterocycles. The molecule has 0 bridgehead atoms. The van der Waals surface area contributed by atoms with Gasteiger partial charge >= 0.3 is 5.97 Å². The number of carbonyl (C=O) groups excluding carboxylic acids is 1. The molecule has 0 spiro atoms. The number of aliphatic hydroxyl groups excluding tert-OH is 4. The first-order valence-electron chi connectivity index (χ1n) is 21.3. The summed E-state index contributed by atoms with van der Waals surface area (Å²) in [5, 5.41) is 74.3. The van der Waals surface area contributed by atoms with E-state index in [1.807, 2.05) is 40.0 Å². The van der Waals surface area contributed by atoms with Gasteiger partial charge in [0, 0.05) is 43.9 Å². The molecule has 346 valence electrons. The lowest BCUT2D eigenvalue weighted by Gasteiger charge is -2.49. The third-order valence-corrected chi connectivity index (χ3v) is 12.9. The summed E-state index contributed by atoms with van der Waals surface area (Å²) in [6.07, 6.45) is -10.5. The van der Waals surface area contributed by atoms with Crippen LogP contribution in [0.4, 0.5) is 0 Å². The highest BCUT2D eigenvalue weighted by Gasteiger charge is 2.53. The van der Waals surface area contributed by atoms with Gasteiger partial charge in [-0.2, -0.15) is 0 Å². The Bertz CT molecular complexity index is 1350. The van der Waals surface area contributed by atoms with E-state index in [4.69, 9.17) is 33.3 Å². The van der Waals surface area contributed by atoms with Crippen LogP contribution in [-0.2, 0) is 38.1 Å². The Balaban J connectivity index is 2.24. The fraction of sp³-hybridized carbons (Fsp3) is 0.952. The summed E-state index contributed by atoms with van der Waals surface area (Å²) >= 11 is 0. The predicted molar refractivity (Wildman–Crippen MR) is 219 cm³/mol. The third-order valence-electron chi connectivity index (χ3n) is 12.9. The molecule has 0 amide bonds. The number of aliphatic hydroxyl groups is 6. The van der Waals surface area contributed by atoms with E-state index in [-0.39, 0.29) is 43.7 Å². The van der Waals surface area contributed by atoms with Crippen molar-refractivity contribution in [1.82, 2.24) is 9.80 Å². The number of rotatable bonds is 12. The second-order valence-corrected chi connectivity index (χ2v) is 18.8. The maximum absolute atomic E-state index is 14.4. The van der Waals surface area contributed by atoms with Crippen LogP contribution in [-0.4, -0.2) is 191 Å². The first-order valence-corrected chi connectivity index (χ1v) is 21.3. The quantitative estimate of drug-likeness (QED) is 0.121. The van der Waals surface area contributed by atoms with Crippen molar-refractivity contribution in [3.8, 4) is 0 Å². The van der Waals surface area contributed by atoms with Crippen molar-refractivity contribution in [3.63, 3.8) is 0 Å². The molecule has 3 aliphatic heterocycles. The maximum Gasteiger partial charge on any atom is 0.311 e. The number of esters is 1. The monoisotopic (exact) mass is 850 g/mol. The average molecular weight is 850 g/mol. The molecule has 0 aliphatic carbocycles. The molecule has 19 atom stereocenters. The fourth-order valence-electron chi connectivity index (χ4n) is 9.27. The Hall–Kier alpha value is -1.58. The summed E-state index contributed by atoms with van der Waals surface area (Å²) in [6.45, 7) is 17.0. The first-order chi connectivity index (χ1) is 27.2. The Morgan fingerprint density at radius 2 is 1.54 bits per heavy atom. The first kappa shape index (κ1) is 51.8. The second kappa shape index (κ2) is 21.2. The minimum absolute atomic E-state index is 0.0488. The van der Waals surface area contributed by atoms with Gasteiger partial charge in [0.05, 0.1) is 53.4 Å². The molecule has 3 rings (SSSR count). The molecule has 17 heteroatoms. The van der Waals surface area contributed by atoms with Crippen LogP contribution >= 0.6 is 0 Å². The largest absolute Gasteiger partial charge is 0.459 e. The Labute approximate surface area is 352 Å². The SMILES string of the molecule is CCC1OC(=O)[C@H](C)C(O[C@H]2C[C@@](C)(OC)[C@@H](O)[C@H](C)O2)[C@H](C)[C@@H](O[C@@H]2O[C@H](C)C[C@H](N(C)C)[C@H]2O)[C@](C)(O)C[C@@H](C)/C(=N\OCC(O)CN(C)C)[C@H](C)[C@@H](O)[C@]1(C)O. The summed E-state index contributed by atoms with van der Waals surface area (Å²) < 4.78 is 37.7. The van der Waals surface area contributed by atoms with Crippen molar-refractivity contribution in [2.75, 3.05) is 48.5 Å². The van der Waals surface area contributed by atoms with Gasteiger partial charge < -0.3 is 73.7 Å². The molecule has 59 heavy (non-hydrogen) atoms. The second-order valence-electron chi connectivity index (χ2n) is 18.8. The molecule has 3 aliphatic rings. The van der Waals surface area contributed by atoms with Crippen molar-refractivity contribution in [3.05, 3.63) is 0 Å². The van der Waals surface area contributed by atoms with Crippen molar-refractivity contribution in [2.45, 2.75) is 185 Å². The summed E-state index contributed by atoms with van der Waals surface area (Å²) in [5.74, 6) is -4.22.